The second-order valence-corrected chi connectivity index (χ2v) is 9.29. The van der Waals surface area contributed by atoms with Gasteiger partial charge in [0.2, 0.25) is 5.91 Å². The highest BCUT2D eigenvalue weighted by Crippen LogP contribution is 2.33. The summed E-state index contributed by atoms with van der Waals surface area (Å²) in [4.78, 5) is 19.7. The minimum Gasteiger partial charge on any atom is -0.497 e. The van der Waals surface area contributed by atoms with Gasteiger partial charge >= 0.3 is 0 Å². The van der Waals surface area contributed by atoms with Crippen molar-refractivity contribution in [2.45, 2.75) is 25.3 Å². The molecule has 0 N–H and O–H groups in total. The fourth-order valence-electron chi connectivity index (χ4n) is 4.48. The van der Waals surface area contributed by atoms with E-state index in [9.17, 15) is 4.79 Å². The van der Waals surface area contributed by atoms with Crippen LogP contribution >= 0.6 is 15.9 Å². The molecule has 0 aliphatic carbocycles. The number of ether oxygens (including phenoxy) is 2. The summed E-state index contributed by atoms with van der Waals surface area (Å²) < 4.78 is 14.4. The molecule has 7 heteroatoms. The first-order chi connectivity index (χ1) is 16.6. The van der Waals surface area contributed by atoms with Crippen LogP contribution in [0.5, 0.6) is 11.5 Å². The van der Waals surface area contributed by atoms with Crippen LogP contribution in [0.4, 0.5) is 5.69 Å². The highest BCUT2D eigenvalue weighted by Gasteiger charge is 2.34. The van der Waals surface area contributed by atoms with Crippen LogP contribution in [0, 0.1) is 0 Å². The Balaban J connectivity index is 1.32. The van der Waals surface area contributed by atoms with E-state index in [1.54, 1.807) is 7.11 Å². The van der Waals surface area contributed by atoms with Crippen molar-refractivity contribution in [1.82, 2.24) is 9.55 Å². The molecule has 4 aromatic rings. The minimum atomic E-state index is 0.0473. The predicted octanol–water partition coefficient (Wildman–Crippen LogP) is 5.80. The molecule has 1 amide bonds. The summed E-state index contributed by atoms with van der Waals surface area (Å²) in [6, 6.07) is 23.7. The second-order valence-electron chi connectivity index (χ2n) is 8.37. The Hall–Kier alpha value is -3.32. The number of carbonyl (C=O) groups is 1. The van der Waals surface area contributed by atoms with Crippen molar-refractivity contribution in [1.29, 1.82) is 0 Å². The van der Waals surface area contributed by atoms with Crippen molar-refractivity contribution in [2.75, 3.05) is 25.2 Å². The number of fused-ring (bicyclic) bond motifs is 1. The van der Waals surface area contributed by atoms with Gasteiger partial charge in [0.15, 0.2) is 0 Å². The van der Waals surface area contributed by atoms with E-state index in [1.165, 1.54) is 0 Å². The van der Waals surface area contributed by atoms with Crippen LogP contribution in [-0.4, -0.2) is 35.7 Å². The summed E-state index contributed by atoms with van der Waals surface area (Å²) >= 11 is 3.47. The van der Waals surface area contributed by atoms with Crippen molar-refractivity contribution in [3.8, 4) is 11.5 Å². The molecule has 1 saturated heterocycles. The molecule has 2 heterocycles. The average Bonchev–Trinajstić information content (AvgIpc) is 3.43. The third-order valence-electron chi connectivity index (χ3n) is 6.17. The molecule has 5 rings (SSSR count). The molecule has 3 aromatic carbocycles. The Labute approximate surface area is 207 Å². The number of amides is 1. The fraction of sp³-hybridized carbons (Fsp3) is 0.259. The lowest BCUT2D eigenvalue weighted by Gasteiger charge is -2.17. The van der Waals surface area contributed by atoms with E-state index in [0.717, 1.165) is 51.5 Å². The molecule has 1 aliphatic heterocycles. The number of methoxy groups -OCH3 is 1. The zero-order valence-corrected chi connectivity index (χ0v) is 20.6. The van der Waals surface area contributed by atoms with Crippen molar-refractivity contribution in [3.05, 3.63) is 83.1 Å². The summed E-state index contributed by atoms with van der Waals surface area (Å²) in [5.41, 5.74) is 2.98. The smallest absolute Gasteiger partial charge is 0.227 e. The maximum atomic E-state index is 12.9. The van der Waals surface area contributed by atoms with E-state index in [4.69, 9.17) is 14.5 Å². The first-order valence-corrected chi connectivity index (χ1v) is 12.2. The highest BCUT2D eigenvalue weighted by molar-refractivity contribution is 9.10. The number of imidazole rings is 1. The van der Waals surface area contributed by atoms with E-state index in [-0.39, 0.29) is 11.8 Å². The number of aromatic nitrogens is 2. The Morgan fingerprint density at radius 1 is 1.00 bits per heavy atom. The highest BCUT2D eigenvalue weighted by atomic mass is 79.9. The largest absolute Gasteiger partial charge is 0.497 e. The number of anilines is 1. The lowest BCUT2D eigenvalue weighted by Crippen LogP contribution is -2.24. The Morgan fingerprint density at radius 2 is 1.74 bits per heavy atom. The molecule has 34 heavy (non-hydrogen) atoms. The molecule has 0 spiro atoms. The van der Waals surface area contributed by atoms with E-state index in [2.05, 4.69) is 26.6 Å². The van der Waals surface area contributed by atoms with Gasteiger partial charge in [-0.15, -0.1) is 0 Å². The predicted molar refractivity (Wildman–Crippen MR) is 137 cm³/mol. The van der Waals surface area contributed by atoms with Gasteiger partial charge in [0.05, 0.1) is 24.8 Å². The number of carbonyl (C=O) groups excluding carboxylic acids is 1. The van der Waals surface area contributed by atoms with Crippen molar-refractivity contribution >= 4 is 38.6 Å². The summed E-state index contributed by atoms with van der Waals surface area (Å²) in [7, 11) is 1.65. The topological polar surface area (TPSA) is 56.6 Å². The van der Waals surface area contributed by atoms with Gasteiger partial charge in [-0.2, -0.15) is 0 Å². The van der Waals surface area contributed by atoms with Gasteiger partial charge in [-0.1, -0.05) is 28.1 Å². The Kier molecular flexibility index (Phi) is 6.54. The second kappa shape index (κ2) is 9.89. The van der Waals surface area contributed by atoms with Crippen LogP contribution in [0.25, 0.3) is 11.0 Å². The quantitative estimate of drug-likeness (QED) is 0.276. The maximum Gasteiger partial charge on any atom is 0.227 e. The van der Waals surface area contributed by atoms with Crippen LogP contribution in [0.3, 0.4) is 0 Å². The van der Waals surface area contributed by atoms with E-state index < -0.39 is 0 Å². The molecular weight excluding hydrogens is 494 g/mol. The molecule has 0 saturated carbocycles. The van der Waals surface area contributed by atoms with Gasteiger partial charge in [-0.3, -0.25) is 4.79 Å². The molecule has 6 nitrogen and oxygen atoms in total. The van der Waals surface area contributed by atoms with Gasteiger partial charge in [0.25, 0.3) is 0 Å². The fourth-order valence-corrected chi connectivity index (χ4v) is 4.74. The molecule has 1 aromatic heterocycles. The normalized spacial score (nSPS) is 15.8. The number of rotatable bonds is 8. The van der Waals surface area contributed by atoms with Crippen LogP contribution in [0.1, 0.15) is 24.6 Å². The molecule has 174 valence electrons. The summed E-state index contributed by atoms with van der Waals surface area (Å²) in [6.07, 6.45) is 1.29. The zero-order chi connectivity index (χ0) is 23.5. The number of hydrogen-bond acceptors (Lipinski definition) is 4. The summed E-state index contributed by atoms with van der Waals surface area (Å²) in [6.45, 7) is 1.99. The number of hydrogen-bond donors (Lipinski definition) is 0. The van der Waals surface area contributed by atoms with Crippen LogP contribution in [-0.2, 0) is 11.3 Å². The van der Waals surface area contributed by atoms with Crippen LogP contribution in [0.2, 0.25) is 0 Å². The third-order valence-corrected chi connectivity index (χ3v) is 6.70. The molecule has 0 bridgehead atoms. The van der Waals surface area contributed by atoms with Gasteiger partial charge in [0, 0.05) is 35.6 Å². The average molecular weight is 520 g/mol. The van der Waals surface area contributed by atoms with Crippen molar-refractivity contribution in [2.24, 2.45) is 0 Å². The molecule has 1 unspecified atom stereocenters. The number of benzene rings is 3. The van der Waals surface area contributed by atoms with Crippen molar-refractivity contribution < 1.29 is 14.3 Å². The Morgan fingerprint density at radius 3 is 2.50 bits per heavy atom. The SMILES string of the molecule is COc1ccc(OCCCn2c(C3CC(=O)N(c4ccc(Br)cc4)C3)nc3ccccc32)cc1. The molecule has 0 radical (unpaired) electrons. The number of aryl methyl sites for hydroxylation is 1. The van der Waals surface area contributed by atoms with Gasteiger partial charge in [-0.25, -0.2) is 4.98 Å². The van der Waals surface area contributed by atoms with E-state index in [0.29, 0.717) is 19.6 Å². The molecule has 1 fully saturated rings. The molecular formula is C27H26BrN3O3. The lowest BCUT2D eigenvalue weighted by atomic mass is 10.1. The zero-order valence-electron chi connectivity index (χ0n) is 19.0. The van der Waals surface area contributed by atoms with Crippen molar-refractivity contribution in [3.63, 3.8) is 0 Å². The first-order valence-electron chi connectivity index (χ1n) is 11.4. The summed E-state index contributed by atoms with van der Waals surface area (Å²) in [5, 5.41) is 0. The molecule has 1 aliphatic rings. The Bertz CT molecular complexity index is 1280. The van der Waals surface area contributed by atoms with E-state index >= 15 is 0 Å². The minimum absolute atomic E-state index is 0.0473. The first kappa shape index (κ1) is 22.5. The number of halogens is 1. The third kappa shape index (κ3) is 4.66. The van der Waals surface area contributed by atoms with Crippen LogP contribution < -0.4 is 14.4 Å². The lowest BCUT2D eigenvalue weighted by molar-refractivity contribution is -0.117. The molecule has 1 atom stereocenters. The van der Waals surface area contributed by atoms with Gasteiger partial charge < -0.3 is 18.9 Å². The standard InChI is InChI=1S/C27H26BrN3O3/c1-33-22-11-13-23(14-12-22)34-16-4-15-30-25-6-3-2-5-24(25)29-27(30)19-17-26(32)31(18-19)21-9-7-20(28)8-10-21/h2-3,5-14,19H,4,15-18H2,1H3. The summed E-state index contributed by atoms with van der Waals surface area (Å²) in [5.74, 6) is 2.78. The number of para-hydroxylation sites is 2. The van der Waals surface area contributed by atoms with Gasteiger partial charge in [-0.05, 0) is 67.1 Å². The maximum absolute atomic E-state index is 12.9. The van der Waals surface area contributed by atoms with Crippen LogP contribution in [0.15, 0.2) is 77.3 Å². The van der Waals surface area contributed by atoms with Gasteiger partial charge in [0.1, 0.15) is 17.3 Å². The number of nitrogens with zero attached hydrogens (tertiary/aromatic N) is 3. The monoisotopic (exact) mass is 519 g/mol. The van der Waals surface area contributed by atoms with E-state index in [1.807, 2.05) is 71.6 Å².